The predicted molar refractivity (Wildman–Crippen MR) is 28.3 cm³/mol. The van der Waals surface area contributed by atoms with Crippen molar-refractivity contribution < 1.29 is 15.4 Å². The van der Waals surface area contributed by atoms with Gasteiger partial charge in [0.1, 0.15) is 6.04 Å². The summed E-state index contributed by atoms with van der Waals surface area (Å²) in [6, 6.07) is -0.903. The first kappa shape index (κ1) is 10.4. The third-order valence-electron chi connectivity index (χ3n) is 0.571. The van der Waals surface area contributed by atoms with Crippen molar-refractivity contribution in [2.45, 2.75) is 6.04 Å². The van der Waals surface area contributed by atoms with E-state index in [0.717, 1.165) is 0 Å². The van der Waals surface area contributed by atoms with Gasteiger partial charge in [-0.05, 0) is 0 Å². The van der Waals surface area contributed by atoms with Crippen molar-refractivity contribution in [1.82, 2.24) is 0 Å². The van der Waals surface area contributed by atoms with E-state index >= 15 is 0 Å². The molecule has 0 aromatic rings. The minimum atomic E-state index is -1.05. The zero-order valence-corrected chi connectivity index (χ0v) is 4.29. The van der Waals surface area contributed by atoms with Gasteiger partial charge in [0.05, 0.1) is 0 Å². The average molecular weight is 122 g/mol. The van der Waals surface area contributed by atoms with Gasteiger partial charge in [0.2, 0.25) is 0 Å². The van der Waals surface area contributed by atoms with Crippen molar-refractivity contribution in [3.05, 3.63) is 0 Å². The number of hydrogen-bond acceptors (Lipinski definition) is 3. The van der Waals surface area contributed by atoms with Crippen molar-refractivity contribution in [3.63, 3.8) is 0 Å². The molecule has 50 valence electrons. The van der Waals surface area contributed by atoms with Gasteiger partial charge in [0, 0.05) is 6.54 Å². The lowest BCUT2D eigenvalue weighted by Gasteiger charge is -1.97. The lowest BCUT2D eigenvalue weighted by atomic mass is 10.3. The molecule has 0 saturated heterocycles. The van der Waals surface area contributed by atoms with Crippen molar-refractivity contribution in [1.29, 1.82) is 0 Å². The van der Waals surface area contributed by atoms with Gasteiger partial charge < -0.3 is 22.1 Å². The van der Waals surface area contributed by atoms with E-state index in [1.807, 2.05) is 0 Å². The molecule has 0 amide bonds. The molecular formula is C3H10N2O3. The highest BCUT2D eigenvalue weighted by Crippen LogP contribution is 1.68. The molecule has 0 aromatic carbocycles. The molecule has 1 atom stereocenters. The van der Waals surface area contributed by atoms with Crippen LogP contribution in [0, 0.1) is 0 Å². The van der Waals surface area contributed by atoms with E-state index in [1.54, 1.807) is 0 Å². The summed E-state index contributed by atoms with van der Waals surface area (Å²) in [5.74, 6) is -1.05. The van der Waals surface area contributed by atoms with Gasteiger partial charge in [-0.15, -0.1) is 0 Å². The molecule has 7 N–H and O–H groups in total. The second-order valence-electron chi connectivity index (χ2n) is 1.18. The van der Waals surface area contributed by atoms with Gasteiger partial charge in [-0.25, -0.2) is 0 Å². The van der Waals surface area contributed by atoms with E-state index in [-0.39, 0.29) is 12.0 Å². The summed E-state index contributed by atoms with van der Waals surface area (Å²) in [7, 11) is 0. The fourth-order valence-electron chi connectivity index (χ4n) is 0.101. The molecule has 0 radical (unpaired) electrons. The quantitative estimate of drug-likeness (QED) is 0.375. The van der Waals surface area contributed by atoms with Crippen LogP contribution in [-0.4, -0.2) is 29.1 Å². The lowest BCUT2D eigenvalue weighted by molar-refractivity contribution is -0.138. The molecule has 0 fully saturated rings. The number of carboxylic acids is 1. The van der Waals surface area contributed by atoms with E-state index in [9.17, 15) is 4.79 Å². The number of hydrogen-bond donors (Lipinski definition) is 3. The van der Waals surface area contributed by atoms with E-state index in [0.29, 0.717) is 0 Å². The van der Waals surface area contributed by atoms with Crippen LogP contribution in [0.2, 0.25) is 0 Å². The maximum atomic E-state index is 9.73. The molecule has 0 bridgehead atoms. The van der Waals surface area contributed by atoms with E-state index in [2.05, 4.69) is 0 Å². The predicted octanol–water partition coefficient (Wildman–Crippen LogP) is -2.47. The van der Waals surface area contributed by atoms with E-state index in [1.165, 1.54) is 0 Å². The fraction of sp³-hybridized carbons (Fsp3) is 0.667. The molecule has 0 heterocycles. The molecule has 1 unspecified atom stereocenters. The number of nitrogens with two attached hydrogens (primary N) is 2. The smallest absolute Gasteiger partial charge is 0.321 e. The molecule has 5 nitrogen and oxygen atoms in total. The van der Waals surface area contributed by atoms with Crippen LogP contribution in [-0.2, 0) is 4.79 Å². The molecule has 8 heavy (non-hydrogen) atoms. The molecule has 0 aromatic heterocycles. The SMILES string of the molecule is NCC(N)C(=O)O.O. The molecular weight excluding hydrogens is 112 g/mol. The van der Waals surface area contributed by atoms with Crippen molar-refractivity contribution in [3.8, 4) is 0 Å². The minimum Gasteiger partial charge on any atom is -0.480 e. The highest BCUT2D eigenvalue weighted by molar-refractivity contribution is 5.73. The van der Waals surface area contributed by atoms with Crippen molar-refractivity contribution >= 4 is 5.97 Å². The van der Waals surface area contributed by atoms with Crippen molar-refractivity contribution in [2.75, 3.05) is 6.54 Å². The molecule has 5 heteroatoms. The highest BCUT2D eigenvalue weighted by atomic mass is 16.4. The summed E-state index contributed by atoms with van der Waals surface area (Å²) in [4.78, 5) is 9.73. The standard InChI is InChI=1S/C3H8N2O2.H2O/c4-1-2(5)3(6)7;/h2H,1,4-5H2,(H,6,7);1H2. The molecule has 0 aliphatic rings. The number of rotatable bonds is 2. The monoisotopic (exact) mass is 122 g/mol. The van der Waals surface area contributed by atoms with Crippen LogP contribution < -0.4 is 11.5 Å². The first-order chi connectivity index (χ1) is 3.18. The topological polar surface area (TPSA) is 121 Å². The normalized spacial score (nSPS) is 11.8. The number of carbonyl (C=O) groups is 1. The summed E-state index contributed by atoms with van der Waals surface area (Å²) in [5, 5.41) is 7.98. The number of carboxylic acid groups (broad SMARTS) is 1. The lowest BCUT2D eigenvalue weighted by Crippen LogP contribution is -2.37. The maximum absolute atomic E-state index is 9.73. The van der Waals surface area contributed by atoms with Gasteiger partial charge >= 0.3 is 5.97 Å². The van der Waals surface area contributed by atoms with Crippen LogP contribution in [0.4, 0.5) is 0 Å². The molecule has 0 aliphatic carbocycles. The first-order valence-corrected chi connectivity index (χ1v) is 1.87. The summed E-state index contributed by atoms with van der Waals surface area (Å²) < 4.78 is 0. The van der Waals surface area contributed by atoms with Crippen LogP contribution in [0.1, 0.15) is 0 Å². The first-order valence-electron chi connectivity index (χ1n) is 1.87. The Labute approximate surface area is 46.6 Å². The van der Waals surface area contributed by atoms with Gasteiger partial charge in [-0.3, -0.25) is 4.79 Å². The van der Waals surface area contributed by atoms with Gasteiger partial charge in [0.15, 0.2) is 0 Å². The van der Waals surface area contributed by atoms with Crippen LogP contribution in [0.25, 0.3) is 0 Å². The zero-order valence-electron chi connectivity index (χ0n) is 4.29. The second-order valence-corrected chi connectivity index (χ2v) is 1.18. The third-order valence-corrected chi connectivity index (χ3v) is 0.571. The maximum Gasteiger partial charge on any atom is 0.321 e. The van der Waals surface area contributed by atoms with Crippen LogP contribution in [0.5, 0.6) is 0 Å². The van der Waals surface area contributed by atoms with Gasteiger partial charge in [-0.1, -0.05) is 0 Å². The molecule has 0 aliphatic heterocycles. The average Bonchev–Trinajstić information content (AvgIpc) is 1.65. The van der Waals surface area contributed by atoms with Crippen molar-refractivity contribution in [2.24, 2.45) is 11.5 Å². The molecule has 0 rings (SSSR count). The van der Waals surface area contributed by atoms with Crippen LogP contribution in [0.15, 0.2) is 0 Å². The van der Waals surface area contributed by atoms with Crippen LogP contribution >= 0.6 is 0 Å². The Bertz CT molecular complexity index is 74.9. The van der Waals surface area contributed by atoms with Gasteiger partial charge in [0.25, 0.3) is 0 Å². The summed E-state index contributed by atoms with van der Waals surface area (Å²) in [6.07, 6.45) is 0. The Morgan fingerprint density at radius 3 is 2.12 bits per heavy atom. The Morgan fingerprint density at radius 2 is 2.12 bits per heavy atom. The van der Waals surface area contributed by atoms with E-state index < -0.39 is 12.0 Å². The Morgan fingerprint density at radius 1 is 1.75 bits per heavy atom. The molecule has 0 spiro atoms. The Kier molecular flexibility index (Phi) is 5.83. The van der Waals surface area contributed by atoms with Crippen LogP contribution in [0.3, 0.4) is 0 Å². The largest absolute Gasteiger partial charge is 0.480 e. The fourth-order valence-corrected chi connectivity index (χ4v) is 0.101. The zero-order chi connectivity index (χ0) is 5.86. The van der Waals surface area contributed by atoms with E-state index in [4.69, 9.17) is 16.6 Å². The Hall–Kier alpha value is -0.650. The second kappa shape index (κ2) is 4.51. The summed E-state index contributed by atoms with van der Waals surface area (Å²) in [6.45, 7) is -0.00463. The Balaban J connectivity index is 0. The number of aliphatic carboxylic acids is 1. The summed E-state index contributed by atoms with van der Waals surface area (Å²) in [5.41, 5.74) is 9.76. The van der Waals surface area contributed by atoms with Gasteiger partial charge in [-0.2, -0.15) is 0 Å². The molecule has 0 saturated carbocycles. The highest BCUT2D eigenvalue weighted by Gasteiger charge is 2.05. The minimum absolute atomic E-state index is 0. The summed E-state index contributed by atoms with van der Waals surface area (Å²) >= 11 is 0. The third kappa shape index (κ3) is 3.54.